The lowest BCUT2D eigenvalue weighted by Gasteiger charge is -2.31. The summed E-state index contributed by atoms with van der Waals surface area (Å²) in [6.45, 7) is 25.7. The zero-order chi connectivity index (χ0) is 30.9. The van der Waals surface area contributed by atoms with Gasteiger partial charge in [-0.25, -0.2) is 0 Å². The van der Waals surface area contributed by atoms with E-state index in [9.17, 15) is 0 Å². The lowest BCUT2D eigenvalue weighted by Crippen LogP contribution is -2.54. The van der Waals surface area contributed by atoms with Crippen LogP contribution >= 0.6 is 0 Å². The lowest BCUT2D eigenvalue weighted by atomic mass is 10.3. The summed E-state index contributed by atoms with van der Waals surface area (Å²) in [5.41, 5.74) is 2.52. The number of hydrogen-bond acceptors (Lipinski definition) is 9. The molecule has 1 saturated heterocycles. The number of nitrogens with zero attached hydrogens (tertiary/aromatic N) is 3. The van der Waals surface area contributed by atoms with Crippen molar-refractivity contribution in [3.8, 4) is 0 Å². The van der Waals surface area contributed by atoms with Crippen molar-refractivity contribution in [2.45, 2.75) is 112 Å². The second-order valence-corrected chi connectivity index (χ2v) is 23.1. The molecule has 0 bridgehead atoms. The van der Waals surface area contributed by atoms with Crippen molar-refractivity contribution >= 4 is 47.8 Å². The molecular weight excluding hydrogens is 571 g/mol. The highest BCUT2D eigenvalue weighted by molar-refractivity contribution is 6.84. The fourth-order valence-corrected chi connectivity index (χ4v) is 13.2. The van der Waals surface area contributed by atoms with Gasteiger partial charge in [0.1, 0.15) is 6.10 Å². The van der Waals surface area contributed by atoms with Crippen molar-refractivity contribution in [2.75, 3.05) is 19.8 Å². The number of rotatable bonds is 18. The highest BCUT2D eigenvalue weighted by Gasteiger charge is 2.55. The predicted octanol–water partition coefficient (Wildman–Crippen LogP) is 7.09. The molecule has 1 fully saturated rings. The van der Waals surface area contributed by atoms with Crippen LogP contribution in [-0.4, -0.2) is 68.5 Å². The number of benzene rings is 1. The van der Waals surface area contributed by atoms with E-state index in [4.69, 9.17) is 27.2 Å². The van der Waals surface area contributed by atoms with Crippen molar-refractivity contribution in [3.63, 3.8) is 0 Å². The van der Waals surface area contributed by atoms with Gasteiger partial charge in [-0.3, -0.25) is 0 Å². The minimum atomic E-state index is -3.47. The van der Waals surface area contributed by atoms with Gasteiger partial charge >= 0.3 is 8.80 Å². The average Bonchev–Trinajstić information content (AvgIpc) is 3.76. The minimum absolute atomic E-state index is 0.392. The number of oxime groups is 3. The van der Waals surface area contributed by atoms with Crippen molar-refractivity contribution < 1.29 is 27.2 Å². The largest absolute Gasteiger partial charge is 0.800 e. The van der Waals surface area contributed by atoms with Gasteiger partial charge < -0.3 is 27.2 Å². The molecule has 0 aliphatic carbocycles. The Hall–Kier alpha value is -1.84. The van der Waals surface area contributed by atoms with Crippen LogP contribution in [0, 0.1) is 0 Å². The SMILES string of the molecule is CC/C(C)=N\O[Si](O/N=C(\C)CC)(O/N=C(\C)CC)c1ccccc1.C[Si](C)(C)O[Si](C)(C)CCCOCC1CO1. The fourth-order valence-electron chi connectivity index (χ4n) is 3.32. The maximum absolute atomic E-state index is 6.26. The molecule has 1 aliphatic rings. The summed E-state index contributed by atoms with van der Waals surface area (Å²) >= 11 is 0. The first-order valence-corrected chi connectivity index (χ1v) is 23.1. The summed E-state index contributed by atoms with van der Waals surface area (Å²) in [4.78, 5) is 0. The molecule has 0 amide bonds. The summed E-state index contributed by atoms with van der Waals surface area (Å²) in [5, 5.41) is 13.3. The maximum atomic E-state index is 6.26. The molecule has 1 aliphatic heterocycles. The molecule has 0 radical (unpaired) electrons. The van der Waals surface area contributed by atoms with E-state index in [1.165, 1.54) is 6.04 Å². The van der Waals surface area contributed by atoms with Gasteiger partial charge in [-0.15, -0.1) is 15.5 Å². The van der Waals surface area contributed by atoms with Crippen LogP contribution in [0.2, 0.25) is 38.8 Å². The van der Waals surface area contributed by atoms with Gasteiger partial charge in [-0.05, 0) is 85.2 Å². The summed E-state index contributed by atoms with van der Waals surface area (Å²) in [6, 6.07) is 10.7. The van der Waals surface area contributed by atoms with Gasteiger partial charge in [0.2, 0.25) is 0 Å². The first kappa shape index (κ1) is 37.2. The Bertz CT molecular complexity index is 909. The third-order valence-corrected chi connectivity index (χ3v) is 14.2. The molecular formula is C29H55N3O6Si3. The molecule has 9 nitrogen and oxygen atoms in total. The number of ether oxygens (including phenoxy) is 2. The Morgan fingerprint density at radius 3 is 1.66 bits per heavy atom. The standard InChI is InChI=1S/C18H29N3O3Si.C11H26O3Si2/c1-7-15(4)19-22-25(23-20-16(5)8-2,24-21-17(6)9-3)18-13-11-10-12-14-18;1-15(2,3)14-16(4,5)8-6-7-12-9-11-10-13-11/h10-14H,7-9H2,1-6H3;11H,6-10H2,1-5H3/b19-15-,20-16+,21-17+;. The quantitative estimate of drug-likeness (QED) is 0.0568. The molecule has 1 unspecified atom stereocenters. The average molecular weight is 626 g/mol. The van der Waals surface area contributed by atoms with E-state index < -0.39 is 25.4 Å². The number of epoxide rings is 1. The van der Waals surface area contributed by atoms with E-state index >= 15 is 0 Å². The van der Waals surface area contributed by atoms with Crippen molar-refractivity contribution in [1.29, 1.82) is 0 Å². The molecule has 0 spiro atoms. The van der Waals surface area contributed by atoms with Crippen LogP contribution in [0.15, 0.2) is 45.8 Å². The van der Waals surface area contributed by atoms with Crippen LogP contribution in [-0.2, 0) is 27.2 Å². The second-order valence-electron chi connectivity index (χ2n) is 11.8. The van der Waals surface area contributed by atoms with E-state index in [1.54, 1.807) is 0 Å². The Labute approximate surface area is 252 Å². The molecule has 41 heavy (non-hydrogen) atoms. The van der Waals surface area contributed by atoms with Gasteiger partial charge in [0, 0.05) is 6.61 Å². The van der Waals surface area contributed by atoms with Gasteiger partial charge in [0.15, 0.2) is 16.6 Å². The van der Waals surface area contributed by atoms with Crippen LogP contribution in [0.25, 0.3) is 0 Å². The fraction of sp³-hybridized carbons (Fsp3) is 0.690. The minimum Gasteiger partial charge on any atom is -0.456 e. The topological polar surface area (TPSA) is 95.8 Å². The lowest BCUT2D eigenvalue weighted by molar-refractivity contribution is 0.0800. The molecule has 0 aromatic heterocycles. The molecule has 1 heterocycles. The van der Waals surface area contributed by atoms with Crippen LogP contribution in [0.1, 0.15) is 67.2 Å². The Kier molecular flexibility index (Phi) is 16.9. The van der Waals surface area contributed by atoms with E-state index in [0.29, 0.717) is 6.10 Å². The summed E-state index contributed by atoms with van der Waals surface area (Å²) < 4.78 is 34.4. The van der Waals surface area contributed by atoms with E-state index in [0.717, 1.165) is 67.8 Å². The number of hydrogen-bond donors (Lipinski definition) is 0. The van der Waals surface area contributed by atoms with E-state index in [2.05, 4.69) is 48.2 Å². The van der Waals surface area contributed by atoms with Crippen molar-refractivity contribution in [3.05, 3.63) is 30.3 Å². The highest BCUT2D eigenvalue weighted by Crippen LogP contribution is 2.20. The summed E-state index contributed by atoms with van der Waals surface area (Å²) in [5.74, 6) is 0. The molecule has 12 heteroatoms. The predicted molar refractivity (Wildman–Crippen MR) is 177 cm³/mol. The maximum Gasteiger partial charge on any atom is 0.800 e. The van der Waals surface area contributed by atoms with Gasteiger partial charge in [0.25, 0.3) is 0 Å². The van der Waals surface area contributed by atoms with Crippen molar-refractivity contribution in [1.82, 2.24) is 0 Å². The summed E-state index contributed by atoms with van der Waals surface area (Å²) in [6.07, 6.45) is 3.83. The van der Waals surface area contributed by atoms with Crippen LogP contribution < -0.4 is 5.19 Å². The van der Waals surface area contributed by atoms with Crippen LogP contribution in [0.5, 0.6) is 0 Å². The second kappa shape index (κ2) is 18.6. The molecule has 0 saturated carbocycles. The molecule has 0 N–H and O–H groups in total. The molecule has 234 valence electrons. The zero-order valence-electron chi connectivity index (χ0n) is 27.4. The van der Waals surface area contributed by atoms with Gasteiger partial charge in [-0.2, -0.15) is 0 Å². The van der Waals surface area contributed by atoms with Gasteiger partial charge in [-0.1, -0.05) is 51.1 Å². The monoisotopic (exact) mass is 625 g/mol. The Balaban J connectivity index is 0.000000452. The highest BCUT2D eigenvalue weighted by atomic mass is 28.4. The van der Waals surface area contributed by atoms with Crippen LogP contribution in [0.4, 0.5) is 0 Å². The van der Waals surface area contributed by atoms with Gasteiger partial charge in [0.05, 0.1) is 35.5 Å². The van der Waals surface area contributed by atoms with Crippen molar-refractivity contribution in [2.24, 2.45) is 15.5 Å². The first-order chi connectivity index (χ1) is 19.3. The van der Waals surface area contributed by atoms with Crippen LogP contribution in [0.3, 0.4) is 0 Å². The molecule has 1 aromatic rings. The molecule has 1 atom stereocenters. The van der Waals surface area contributed by atoms with E-state index in [-0.39, 0.29) is 0 Å². The summed E-state index contributed by atoms with van der Waals surface area (Å²) in [7, 11) is -6.29. The Morgan fingerprint density at radius 2 is 1.27 bits per heavy atom. The zero-order valence-corrected chi connectivity index (χ0v) is 30.4. The third kappa shape index (κ3) is 17.0. The normalized spacial score (nSPS) is 16.6. The van der Waals surface area contributed by atoms with E-state index in [1.807, 2.05) is 71.9 Å². The Morgan fingerprint density at radius 1 is 0.805 bits per heavy atom. The smallest absolute Gasteiger partial charge is 0.456 e. The first-order valence-electron chi connectivity index (χ1n) is 14.9. The molecule has 1 aromatic carbocycles. The third-order valence-electron chi connectivity index (χ3n) is 5.98. The molecule has 2 rings (SSSR count).